The minimum Gasteiger partial charge on any atom is -0.496 e. The fraction of sp³-hybridized carbons (Fsp3) is 0.636. The van der Waals surface area contributed by atoms with Crippen LogP contribution in [-0.4, -0.2) is 31.1 Å². The molecule has 84 valence electrons. The Balaban J connectivity index is 1.96. The Hall–Kier alpha value is -0.580. The number of thiophene rings is 1. The van der Waals surface area contributed by atoms with Crippen molar-refractivity contribution in [3.05, 3.63) is 16.3 Å². The molecule has 1 aromatic heterocycles. The zero-order chi connectivity index (χ0) is 10.7. The SMILES string of the molecule is COc1ccsc1CN1CCC[C@@H](N)C1. The number of likely N-dealkylation sites (tertiary alicyclic amines) is 1. The number of hydrogen-bond acceptors (Lipinski definition) is 4. The van der Waals surface area contributed by atoms with Gasteiger partial charge in [0.1, 0.15) is 5.75 Å². The molecule has 0 aromatic carbocycles. The summed E-state index contributed by atoms with van der Waals surface area (Å²) < 4.78 is 5.31. The number of piperidine rings is 1. The summed E-state index contributed by atoms with van der Waals surface area (Å²) in [4.78, 5) is 3.73. The number of methoxy groups -OCH3 is 1. The summed E-state index contributed by atoms with van der Waals surface area (Å²) in [7, 11) is 1.73. The minimum absolute atomic E-state index is 0.352. The van der Waals surface area contributed by atoms with Crippen molar-refractivity contribution in [2.45, 2.75) is 25.4 Å². The maximum Gasteiger partial charge on any atom is 0.134 e. The zero-order valence-electron chi connectivity index (χ0n) is 9.11. The van der Waals surface area contributed by atoms with E-state index in [1.807, 2.05) is 6.07 Å². The van der Waals surface area contributed by atoms with E-state index in [-0.39, 0.29) is 0 Å². The maximum atomic E-state index is 5.96. The van der Waals surface area contributed by atoms with E-state index in [2.05, 4.69) is 10.3 Å². The summed E-state index contributed by atoms with van der Waals surface area (Å²) in [5.41, 5.74) is 5.96. The first kappa shape index (κ1) is 10.9. The van der Waals surface area contributed by atoms with Gasteiger partial charge in [-0.2, -0.15) is 0 Å². The molecule has 0 saturated carbocycles. The summed E-state index contributed by atoms with van der Waals surface area (Å²) in [6, 6.07) is 2.38. The van der Waals surface area contributed by atoms with Gasteiger partial charge in [-0.05, 0) is 30.8 Å². The van der Waals surface area contributed by atoms with Crippen LogP contribution in [-0.2, 0) is 6.54 Å². The van der Waals surface area contributed by atoms with E-state index in [4.69, 9.17) is 10.5 Å². The van der Waals surface area contributed by atoms with Gasteiger partial charge in [-0.3, -0.25) is 4.90 Å². The van der Waals surface area contributed by atoms with Gasteiger partial charge in [0.2, 0.25) is 0 Å². The summed E-state index contributed by atoms with van der Waals surface area (Å²) in [6.45, 7) is 3.16. The standard InChI is InChI=1S/C11H18N2OS/c1-14-10-4-6-15-11(10)8-13-5-2-3-9(12)7-13/h4,6,9H,2-3,5,7-8,12H2,1H3/t9-/m1/s1. The third-order valence-electron chi connectivity index (χ3n) is 2.83. The third-order valence-corrected chi connectivity index (χ3v) is 3.72. The van der Waals surface area contributed by atoms with Gasteiger partial charge < -0.3 is 10.5 Å². The number of rotatable bonds is 3. The summed E-state index contributed by atoms with van der Waals surface area (Å²) in [5.74, 6) is 1.01. The van der Waals surface area contributed by atoms with Crippen LogP contribution in [0.15, 0.2) is 11.4 Å². The molecule has 1 atom stereocenters. The fourth-order valence-electron chi connectivity index (χ4n) is 2.06. The Bertz CT molecular complexity index is 313. The molecule has 0 amide bonds. The van der Waals surface area contributed by atoms with Crippen molar-refractivity contribution >= 4 is 11.3 Å². The highest BCUT2D eigenvalue weighted by Crippen LogP contribution is 2.26. The lowest BCUT2D eigenvalue weighted by Crippen LogP contribution is -2.42. The van der Waals surface area contributed by atoms with Gasteiger partial charge in [0.05, 0.1) is 12.0 Å². The predicted octanol–water partition coefficient (Wildman–Crippen LogP) is 1.68. The van der Waals surface area contributed by atoms with Gasteiger partial charge >= 0.3 is 0 Å². The molecule has 4 heteroatoms. The second kappa shape index (κ2) is 4.96. The van der Waals surface area contributed by atoms with Crippen molar-refractivity contribution in [3.8, 4) is 5.75 Å². The average Bonchev–Trinajstić information content (AvgIpc) is 2.65. The normalized spacial score (nSPS) is 22.9. The first-order valence-corrected chi connectivity index (χ1v) is 6.26. The molecule has 2 rings (SSSR count). The van der Waals surface area contributed by atoms with E-state index >= 15 is 0 Å². The molecule has 0 radical (unpaired) electrons. The molecule has 0 aliphatic carbocycles. The minimum atomic E-state index is 0.352. The van der Waals surface area contributed by atoms with Gasteiger partial charge in [0.25, 0.3) is 0 Å². The number of nitrogens with zero attached hydrogens (tertiary/aromatic N) is 1. The van der Waals surface area contributed by atoms with Crippen molar-refractivity contribution in [1.82, 2.24) is 4.90 Å². The summed E-state index contributed by atoms with van der Waals surface area (Å²) in [5, 5.41) is 2.08. The van der Waals surface area contributed by atoms with E-state index < -0.39 is 0 Å². The Morgan fingerprint density at radius 3 is 3.27 bits per heavy atom. The van der Waals surface area contributed by atoms with Crippen LogP contribution in [0.1, 0.15) is 17.7 Å². The molecular formula is C11H18N2OS. The number of ether oxygens (including phenoxy) is 1. The largest absolute Gasteiger partial charge is 0.496 e. The molecule has 2 heterocycles. The van der Waals surface area contributed by atoms with Crippen molar-refractivity contribution in [2.75, 3.05) is 20.2 Å². The molecule has 1 fully saturated rings. The van der Waals surface area contributed by atoms with Crippen molar-refractivity contribution in [2.24, 2.45) is 5.73 Å². The van der Waals surface area contributed by atoms with Crippen LogP contribution < -0.4 is 10.5 Å². The molecule has 1 saturated heterocycles. The van der Waals surface area contributed by atoms with Crippen LogP contribution in [0.25, 0.3) is 0 Å². The smallest absolute Gasteiger partial charge is 0.134 e. The topological polar surface area (TPSA) is 38.5 Å². The van der Waals surface area contributed by atoms with E-state index in [0.29, 0.717) is 6.04 Å². The molecule has 3 nitrogen and oxygen atoms in total. The number of hydrogen-bond donors (Lipinski definition) is 1. The molecule has 1 aliphatic heterocycles. The highest BCUT2D eigenvalue weighted by Gasteiger charge is 2.18. The van der Waals surface area contributed by atoms with E-state index in [9.17, 15) is 0 Å². The first-order valence-electron chi connectivity index (χ1n) is 5.38. The van der Waals surface area contributed by atoms with Crippen LogP contribution in [0.2, 0.25) is 0 Å². The number of nitrogens with two attached hydrogens (primary N) is 1. The van der Waals surface area contributed by atoms with Gasteiger partial charge in [0, 0.05) is 19.1 Å². The van der Waals surface area contributed by atoms with Crippen molar-refractivity contribution < 1.29 is 4.74 Å². The van der Waals surface area contributed by atoms with E-state index in [0.717, 1.165) is 31.8 Å². The monoisotopic (exact) mass is 226 g/mol. The van der Waals surface area contributed by atoms with Gasteiger partial charge in [-0.1, -0.05) is 0 Å². The Labute approximate surface area is 94.8 Å². The van der Waals surface area contributed by atoms with Crippen LogP contribution >= 0.6 is 11.3 Å². The predicted molar refractivity (Wildman–Crippen MR) is 63.4 cm³/mol. The molecule has 0 bridgehead atoms. The molecule has 0 unspecified atom stereocenters. The lowest BCUT2D eigenvalue weighted by atomic mass is 10.1. The van der Waals surface area contributed by atoms with Gasteiger partial charge in [-0.15, -0.1) is 11.3 Å². The van der Waals surface area contributed by atoms with Crippen LogP contribution in [0, 0.1) is 0 Å². The zero-order valence-corrected chi connectivity index (χ0v) is 9.93. The average molecular weight is 226 g/mol. The second-order valence-electron chi connectivity index (χ2n) is 4.05. The van der Waals surface area contributed by atoms with Crippen LogP contribution in [0.5, 0.6) is 5.75 Å². The molecule has 1 aliphatic rings. The van der Waals surface area contributed by atoms with Crippen LogP contribution in [0.3, 0.4) is 0 Å². The van der Waals surface area contributed by atoms with Crippen LogP contribution in [0.4, 0.5) is 0 Å². The highest BCUT2D eigenvalue weighted by atomic mass is 32.1. The lowest BCUT2D eigenvalue weighted by Gasteiger charge is -2.30. The van der Waals surface area contributed by atoms with E-state index in [1.54, 1.807) is 18.4 Å². The summed E-state index contributed by atoms with van der Waals surface area (Å²) in [6.07, 6.45) is 2.38. The van der Waals surface area contributed by atoms with Gasteiger partial charge in [-0.25, -0.2) is 0 Å². The Kier molecular flexibility index (Phi) is 3.61. The Morgan fingerprint density at radius 2 is 2.53 bits per heavy atom. The Morgan fingerprint density at radius 1 is 1.67 bits per heavy atom. The highest BCUT2D eigenvalue weighted by molar-refractivity contribution is 7.10. The molecular weight excluding hydrogens is 208 g/mol. The molecule has 15 heavy (non-hydrogen) atoms. The molecule has 0 spiro atoms. The second-order valence-corrected chi connectivity index (χ2v) is 5.05. The fourth-order valence-corrected chi connectivity index (χ4v) is 2.94. The van der Waals surface area contributed by atoms with Crippen molar-refractivity contribution in [3.63, 3.8) is 0 Å². The van der Waals surface area contributed by atoms with E-state index in [1.165, 1.54) is 11.3 Å². The lowest BCUT2D eigenvalue weighted by molar-refractivity contribution is 0.201. The quantitative estimate of drug-likeness (QED) is 0.852. The first-order chi connectivity index (χ1) is 7.29. The van der Waals surface area contributed by atoms with Gasteiger partial charge in [0.15, 0.2) is 0 Å². The summed E-state index contributed by atoms with van der Waals surface area (Å²) >= 11 is 1.76. The van der Waals surface area contributed by atoms with Crippen molar-refractivity contribution in [1.29, 1.82) is 0 Å². The maximum absolute atomic E-state index is 5.96. The molecule has 1 aromatic rings. The molecule has 2 N–H and O–H groups in total. The third kappa shape index (κ3) is 2.71.